The number of phosphoric acid groups is 1. The van der Waals surface area contributed by atoms with Gasteiger partial charge in [-0.2, -0.15) is 0 Å². The van der Waals surface area contributed by atoms with Crippen molar-refractivity contribution >= 4 is 19.8 Å². The molecule has 0 amide bonds. The number of carboxylic acid groups (broad SMARTS) is 1. The number of hydrogen-bond donors (Lipinski definition) is 3. The molecule has 11 heteroatoms. The number of nitrogens with two attached hydrogens (primary N) is 1. The number of carbonyl (C=O) groups is 2. The van der Waals surface area contributed by atoms with Gasteiger partial charge in [-0.15, -0.1) is 0 Å². The molecule has 0 aromatic heterocycles. The SMILES string of the molecule is CCCCC/C=C\CCCCCCCC(=O)OC(COCCCCCCCCCCCCCCCCC)COP(=O)(O)OCC(N)C(=O)O. The Morgan fingerprint density at radius 3 is 1.59 bits per heavy atom. The van der Waals surface area contributed by atoms with Gasteiger partial charge in [0.25, 0.3) is 0 Å². The van der Waals surface area contributed by atoms with Crippen LogP contribution < -0.4 is 5.73 Å². The van der Waals surface area contributed by atoms with E-state index in [1.807, 2.05) is 0 Å². The van der Waals surface area contributed by atoms with Gasteiger partial charge in [-0.3, -0.25) is 18.6 Å². The number of carbonyl (C=O) groups excluding carboxylic acids is 1. The predicted octanol–water partition coefficient (Wildman–Crippen LogP) is 10.2. The zero-order valence-electron chi connectivity index (χ0n) is 31.3. The highest BCUT2D eigenvalue weighted by Crippen LogP contribution is 2.43. The minimum absolute atomic E-state index is 0.0188. The van der Waals surface area contributed by atoms with Crippen LogP contribution in [0.3, 0.4) is 0 Å². The molecule has 0 spiro atoms. The summed E-state index contributed by atoms with van der Waals surface area (Å²) in [5.41, 5.74) is 5.34. The fourth-order valence-electron chi connectivity index (χ4n) is 5.42. The van der Waals surface area contributed by atoms with E-state index >= 15 is 0 Å². The largest absolute Gasteiger partial charge is 0.480 e. The molecule has 0 aromatic rings. The number of phosphoric ester groups is 1. The molecule has 0 aliphatic rings. The molecule has 0 saturated heterocycles. The third-order valence-corrected chi connectivity index (χ3v) is 9.50. The molecule has 0 aliphatic heterocycles. The summed E-state index contributed by atoms with van der Waals surface area (Å²) < 4.78 is 33.2. The normalized spacial score (nSPS) is 14.2. The van der Waals surface area contributed by atoms with Crippen LogP contribution in [0.25, 0.3) is 0 Å². The van der Waals surface area contributed by atoms with Crippen molar-refractivity contribution in [3.05, 3.63) is 12.2 Å². The van der Waals surface area contributed by atoms with Crippen molar-refractivity contribution < 1.29 is 42.7 Å². The maximum absolute atomic E-state index is 12.5. The summed E-state index contributed by atoms with van der Waals surface area (Å²) in [6.45, 7) is 3.86. The first-order valence-corrected chi connectivity index (χ1v) is 21.2. The quantitative estimate of drug-likeness (QED) is 0.0243. The first-order valence-electron chi connectivity index (χ1n) is 19.7. The maximum atomic E-state index is 12.5. The highest BCUT2D eigenvalue weighted by Gasteiger charge is 2.27. The van der Waals surface area contributed by atoms with Crippen molar-refractivity contribution in [2.75, 3.05) is 26.4 Å². The van der Waals surface area contributed by atoms with Gasteiger partial charge in [0, 0.05) is 13.0 Å². The Labute approximate surface area is 299 Å². The molecule has 0 bridgehead atoms. The standard InChI is InChI=1S/C38H74NO9P/c1-3-5-7-9-11-13-15-17-18-19-21-23-25-27-29-31-45-32-35(33-46-49(43,44)47-34-36(39)38(41)42)48-37(40)30-28-26-24-22-20-16-14-12-10-8-6-4-2/h12,14,35-36H,3-11,13,15-34,39H2,1-2H3,(H,41,42)(H,43,44)/b14-12-. The minimum atomic E-state index is -4.61. The van der Waals surface area contributed by atoms with Crippen LogP contribution in [0.4, 0.5) is 0 Å². The Bertz CT molecular complexity index is 842. The topological polar surface area (TPSA) is 155 Å². The van der Waals surface area contributed by atoms with Gasteiger partial charge in [0.1, 0.15) is 12.1 Å². The van der Waals surface area contributed by atoms with Crippen LogP contribution in [0.15, 0.2) is 12.2 Å². The first-order chi connectivity index (χ1) is 23.7. The maximum Gasteiger partial charge on any atom is 0.472 e. The molecule has 0 rings (SSSR count). The minimum Gasteiger partial charge on any atom is -0.480 e. The Morgan fingerprint density at radius 1 is 0.633 bits per heavy atom. The van der Waals surface area contributed by atoms with E-state index in [9.17, 15) is 19.0 Å². The summed E-state index contributed by atoms with van der Waals surface area (Å²) in [6.07, 6.45) is 34.0. The molecular formula is C38H74NO9P. The fraction of sp³-hybridized carbons (Fsp3) is 0.895. The molecule has 0 fully saturated rings. The summed E-state index contributed by atoms with van der Waals surface area (Å²) in [5.74, 6) is -1.78. The van der Waals surface area contributed by atoms with Gasteiger partial charge in [0.15, 0.2) is 0 Å². The van der Waals surface area contributed by atoms with Gasteiger partial charge in [0.05, 0.1) is 19.8 Å². The highest BCUT2D eigenvalue weighted by atomic mass is 31.2. The molecule has 4 N–H and O–H groups in total. The van der Waals surface area contributed by atoms with E-state index in [0.29, 0.717) is 13.0 Å². The lowest BCUT2D eigenvalue weighted by molar-refractivity contribution is -0.154. The summed E-state index contributed by atoms with van der Waals surface area (Å²) in [6, 6.07) is -1.47. The van der Waals surface area contributed by atoms with E-state index in [1.54, 1.807) is 0 Å². The van der Waals surface area contributed by atoms with E-state index in [-0.39, 0.29) is 13.0 Å². The van der Waals surface area contributed by atoms with Gasteiger partial charge < -0.3 is 25.2 Å². The number of aliphatic carboxylic acids is 1. The van der Waals surface area contributed by atoms with Crippen molar-refractivity contribution in [2.24, 2.45) is 5.73 Å². The molecule has 290 valence electrons. The molecule has 49 heavy (non-hydrogen) atoms. The van der Waals surface area contributed by atoms with Gasteiger partial charge >= 0.3 is 19.8 Å². The lowest BCUT2D eigenvalue weighted by atomic mass is 10.0. The van der Waals surface area contributed by atoms with Gasteiger partial charge in [0.2, 0.25) is 0 Å². The molecule has 0 radical (unpaired) electrons. The second kappa shape index (κ2) is 35.1. The summed E-state index contributed by atoms with van der Waals surface area (Å²) in [7, 11) is -4.61. The Hall–Kier alpha value is -1.29. The predicted molar refractivity (Wildman–Crippen MR) is 199 cm³/mol. The average molecular weight is 720 g/mol. The van der Waals surface area contributed by atoms with E-state index in [4.69, 9.17) is 29.4 Å². The number of allylic oxidation sites excluding steroid dienone is 2. The Balaban J connectivity index is 4.26. The molecular weight excluding hydrogens is 645 g/mol. The molecule has 3 unspecified atom stereocenters. The number of unbranched alkanes of at least 4 members (excludes halogenated alkanes) is 22. The Morgan fingerprint density at radius 2 is 1.06 bits per heavy atom. The van der Waals surface area contributed by atoms with Crippen LogP contribution in [-0.4, -0.2) is 60.5 Å². The number of hydrogen-bond acceptors (Lipinski definition) is 8. The van der Waals surface area contributed by atoms with Crippen molar-refractivity contribution in [2.45, 2.75) is 193 Å². The van der Waals surface area contributed by atoms with Crippen molar-refractivity contribution in [3.8, 4) is 0 Å². The van der Waals surface area contributed by atoms with Crippen LogP contribution in [0, 0.1) is 0 Å². The van der Waals surface area contributed by atoms with Crippen molar-refractivity contribution in [1.82, 2.24) is 0 Å². The molecule has 0 aliphatic carbocycles. The van der Waals surface area contributed by atoms with Gasteiger partial charge in [-0.05, 0) is 38.5 Å². The van der Waals surface area contributed by atoms with E-state index in [1.165, 1.54) is 96.3 Å². The van der Waals surface area contributed by atoms with Crippen LogP contribution in [0.5, 0.6) is 0 Å². The second-order valence-electron chi connectivity index (χ2n) is 13.4. The molecule has 0 aromatic carbocycles. The first kappa shape index (κ1) is 47.7. The monoisotopic (exact) mass is 720 g/mol. The van der Waals surface area contributed by atoms with Crippen molar-refractivity contribution in [3.63, 3.8) is 0 Å². The third kappa shape index (κ3) is 34.9. The smallest absolute Gasteiger partial charge is 0.472 e. The summed E-state index contributed by atoms with van der Waals surface area (Å²) >= 11 is 0. The zero-order chi connectivity index (χ0) is 36.3. The van der Waals surface area contributed by atoms with Crippen LogP contribution in [0.1, 0.15) is 181 Å². The van der Waals surface area contributed by atoms with Crippen LogP contribution >= 0.6 is 7.82 Å². The van der Waals surface area contributed by atoms with Gasteiger partial charge in [-0.1, -0.05) is 148 Å². The van der Waals surface area contributed by atoms with Crippen molar-refractivity contribution in [1.29, 1.82) is 0 Å². The number of rotatable bonds is 38. The van der Waals surface area contributed by atoms with Gasteiger partial charge in [-0.25, -0.2) is 4.57 Å². The van der Waals surface area contributed by atoms with Crippen LogP contribution in [0.2, 0.25) is 0 Å². The average Bonchev–Trinajstić information content (AvgIpc) is 3.07. The number of ether oxygens (including phenoxy) is 2. The summed E-state index contributed by atoms with van der Waals surface area (Å²) in [5, 5.41) is 8.86. The zero-order valence-corrected chi connectivity index (χ0v) is 32.2. The molecule has 0 saturated carbocycles. The van der Waals surface area contributed by atoms with E-state index in [0.717, 1.165) is 57.8 Å². The molecule has 0 heterocycles. The fourth-order valence-corrected chi connectivity index (χ4v) is 6.20. The second-order valence-corrected chi connectivity index (χ2v) is 14.9. The van der Waals surface area contributed by atoms with Crippen LogP contribution in [-0.2, 0) is 32.7 Å². The lowest BCUT2D eigenvalue weighted by Crippen LogP contribution is -2.34. The molecule has 10 nitrogen and oxygen atoms in total. The highest BCUT2D eigenvalue weighted by molar-refractivity contribution is 7.47. The number of carboxylic acids is 1. The Kier molecular flexibility index (Phi) is 34.2. The third-order valence-electron chi connectivity index (χ3n) is 8.54. The lowest BCUT2D eigenvalue weighted by Gasteiger charge is -2.20. The van der Waals surface area contributed by atoms with E-state index in [2.05, 4.69) is 26.0 Å². The molecule has 3 atom stereocenters. The summed E-state index contributed by atoms with van der Waals surface area (Å²) in [4.78, 5) is 33.4. The number of esters is 1. The van der Waals surface area contributed by atoms with E-state index < -0.39 is 45.1 Å².